The standard InChI is InChI=1S/C7H15N/c1-3-6-4-5-7(6)8-2/h6-8H,3-5H2,1-2H3. The number of rotatable bonds is 2. The third kappa shape index (κ3) is 0.873. The first-order valence-electron chi connectivity index (χ1n) is 3.55. The van der Waals surface area contributed by atoms with Crippen molar-refractivity contribution in [1.82, 2.24) is 5.32 Å². The van der Waals surface area contributed by atoms with E-state index in [0.717, 1.165) is 12.0 Å². The van der Waals surface area contributed by atoms with E-state index in [1.54, 1.807) is 0 Å². The molecule has 0 spiro atoms. The Hall–Kier alpha value is -0.0400. The van der Waals surface area contributed by atoms with Crippen molar-refractivity contribution in [3.8, 4) is 0 Å². The molecule has 0 aromatic carbocycles. The Labute approximate surface area is 51.5 Å². The summed E-state index contributed by atoms with van der Waals surface area (Å²) < 4.78 is 0. The lowest BCUT2D eigenvalue weighted by Crippen LogP contribution is -2.41. The maximum absolute atomic E-state index is 3.30. The van der Waals surface area contributed by atoms with Crippen LogP contribution in [0.25, 0.3) is 0 Å². The summed E-state index contributed by atoms with van der Waals surface area (Å²) in [5, 5.41) is 3.30. The molecule has 1 nitrogen and oxygen atoms in total. The van der Waals surface area contributed by atoms with Gasteiger partial charge in [0, 0.05) is 6.04 Å². The molecule has 1 rings (SSSR count). The van der Waals surface area contributed by atoms with Crippen molar-refractivity contribution in [2.75, 3.05) is 7.05 Å². The zero-order chi connectivity index (χ0) is 5.98. The van der Waals surface area contributed by atoms with E-state index < -0.39 is 0 Å². The van der Waals surface area contributed by atoms with Crippen LogP contribution in [0.1, 0.15) is 26.2 Å². The Morgan fingerprint density at radius 1 is 1.50 bits per heavy atom. The molecule has 0 aliphatic heterocycles. The normalized spacial score (nSPS) is 36.8. The highest BCUT2D eigenvalue weighted by Gasteiger charge is 2.26. The molecule has 1 aliphatic rings. The van der Waals surface area contributed by atoms with E-state index in [2.05, 4.69) is 19.3 Å². The average Bonchev–Trinajstić information content (AvgIpc) is 1.66. The van der Waals surface area contributed by atoms with Gasteiger partial charge in [-0.25, -0.2) is 0 Å². The molecule has 0 saturated heterocycles. The second kappa shape index (κ2) is 2.49. The van der Waals surface area contributed by atoms with E-state index in [0.29, 0.717) is 0 Å². The minimum absolute atomic E-state index is 0.847. The van der Waals surface area contributed by atoms with E-state index >= 15 is 0 Å². The maximum atomic E-state index is 3.30. The monoisotopic (exact) mass is 113 g/mol. The molecule has 8 heavy (non-hydrogen) atoms. The summed E-state index contributed by atoms with van der Waals surface area (Å²) in [4.78, 5) is 0. The molecule has 1 saturated carbocycles. The molecule has 48 valence electrons. The molecular formula is C7H15N. The average molecular weight is 113 g/mol. The highest BCUT2D eigenvalue weighted by molar-refractivity contribution is 4.84. The fourth-order valence-electron chi connectivity index (χ4n) is 1.44. The van der Waals surface area contributed by atoms with Gasteiger partial charge in [0.05, 0.1) is 0 Å². The van der Waals surface area contributed by atoms with Crippen LogP contribution in [0.4, 0.5) is 0 Å². The molecule has 0 amide bonds. The SMILES string of the molecule is CCC1CCC1NC. The van der Waals surface area contributed by atoms with Gasteiger partial charge >= 0.3 is 0 Å². The van der Waals surface area contributed by atoms with Crippen molar-refractivity contribution < 1.29 is 0 Å². The highest BCUT2D eigenvalue weighted by atomic mass is 14.9. The van der Waals surface area contributed by atoms with E-state index in [1.165, 1.54) is 19.3 Å². The van der Waals surface area contributed by atoms with Gasteiger partial charge in [-0.15, -0.1) is 0 Å². The fourth-order valence-corrected chi connectivity index (χ4v) is 1.44. The van der Waals surface area contributed by atoms with Crippen molar-refractivity contribution in [2.45, 2.75) is 32.2 Å². The molecule has 1 fully saturated rings. The first kappa shape index (κ1) is 6.09. The Morgan fingerprint density at radius 2 is 2.25 bits per heavy atom. The van der Waals surface area contributed by atoms with E-state index in [9.17, 15) is 0 Å². The van der Waals surface area contributed by atoms with Gasteiger partial charge in [0.25, 0.3) is 0 Å². The Bertz CT molecular complexity index is 56.8. The van der Waals surface area contributed by atoms with E-state index in [-0.39, 0.29) is 0 Å². The topological polar surface area (TPSA) is 12.0 Å². The van der Waals surface area contributed by atoms with Gasteiger partial charge in [-0.1, -0.05) is 13.3 Å². The molecule has 1 N–H and O–H groups in total. The minimum atomic E-state index is 0.847. The van der Waals surface area contributed by atoms with Crippen molar-refractivity contribution >= 4 is 0 Å². The summed E-state index contributed by atoms with van der Waals surface area (Å²) in [6, 6.07) is 0.847. The second-order valence-corrected chi connectivity index (χ2v) is 2.64. The van der Waals surface area contributed by atoms with Crippen LogP contribution in [-0.2, 0) is 0 Å². The molecule has 2 atom stereocenters. The summed E-state index contributed by atoms with van der Waals surface area (Å²) in [5.41, 5.74) is 0. The van der Waals surface area contributed by atoms with Crippen molar-refractivity contribution in [2.24, 2.45) is 5.92 Å². The summed E-state index contributed by atoms with van der Waals surface area (Å²) in [5.74, 6) is 0.986. The van der Waals surface area contributed by atoms with Crippen molar-refractivity contribution in [3.05, 3.63) is 0 Å². The molecular weight excluding hydrogens is 98.1 g/mol. The van der Waals surface area contributed by atoms with Crippen molar-refractivity contribution in [1.29, 1.82) is 0 Å². The molecule has 0 aromatic rings. The summed E-state index contributed by atoms with van der Waals surface area (Å²) in [6.07, 6.45) is 4.20. The van der Waals surface area contributed by atoms with Gasteiger partial charge in [-0.3, -0.25) is 0 Å². The Morgan fingerprint density at radius 3 is 2.38 bits per heavy atom. The van der Waals surface area contributed by atoms with E-state index in [4.69, 9.17) is 0 Å². The molecule has 1 heteroatoms. The van der Waals surface area contributed by atoms with Gasteiger partial charge in [-0.2, -0.15) is 0 Å². The highest BCUT2D eigenvalue weighted by Crippen LogP contribution is 2.29. The number of nitrogens with one attached hydrogen (secondary N) is 1. The fraction of sp³-hybridized carbons (Fsp3) is 1.00. The predicted molar refractivity (Wildman–Crippen MR) is 35.9 cm³/mol. The maximum Gasteiger partial charge on any atom is 0.00923 e. The van der Waals surface area contributed by atoms with Crippen LogP contribution in [0.3, 0.4) is 0 Å². The zero-order valence-electron chi connectivity index (χ0n) is 5.78. The quantitative estimate of drug-likeness (QED) is 0.570. The minimum Gasteiger partial charge on any atom is -0.317 e. The van der Waals surface area contributed by atoms with Crippen LogP contribution in [0.15, 0.2) is 0 Å². The first-order valence-corrected chi connectivity index (χ1v) is 3.55. The van der Waals surface area contributed by atoms with Crippen LogP contribution in [-0.4, -0.2) is 13.1 Å². The van der Waals surface area contributed by atoms with Gasteiger partial charge in [0.2, 0.25) is 0 Å². The largest absolute Gasteiger partial charge is 0.317 e. The molecule has 0 bridgehead atoms. The van der Waals surface area contributed by atoms with Gasteiger partial charge in [0.15, 0.2) is 0 Å². The number of hydrogen-bond donors (Lipinski definition) is 1. The third-order valence-corrected chi connectivity index (χ3v) is 2.31. The molecule has 1 aliphatic carbocycles. The molecule has 0 radical (unpaired) electrons. The predicted octanol–water partition coefficient (Wildman–Crippen LogP) is 1.39. The number of hydrogen-bond acceptors (Lipinski definition) is 1. The third-order valence-electron chi connectivity index (χ3n) is 2.31. The van der Waals surface area contributed by atoms with Crippen LogP contribution in [0.5, 0.6) is 0 Å². The summed E-state index contributed by atoms with van der Waals surface area (Å²) in [7, 11) is 2.06. The van der Waals surface area contributed by atoms with Gasteiger partial charge in [0.1, 0.15) is 0 Å². The van der Waals surface area contributed by atoms with Crippen LogP contribution in [0, 0.1) is 5.92 Å². The lowest BCUT2D eigenvalue weighted by molar-refractivity contribution is 0.215. The molecule has 0 heterocycles. The smallest absolute Gasteiger partial charge is 0.00923 e. The van der Waals surface area contributed by atoms with Crippen LogP contribution in [0.2, 0.25) is 0 Å². The lowest BCUT2D eigenvalue weighted by atomic mass is 9.78. The van der Waals surface area contributed by atoms with Crippen molar-refractivity contribution in [3.63, 3.8) is 0 Å². The molecule has 2 unspecified atom stereocenters. The van der Waals surface area contributed by atoms with E-state index in [1.807, 2.05) is 0 Å². The first-order chi connectivity index (χ1) is 3.88. The summed E-state index contributed by atoms with van der Waals surface area (Å²) in [6.45, 7) is 2.27. The van der Waals surface area contributed by atoms with Gasteiger partial charge < -0.3 is 5.32 Å². The van der Waals surface area contributed by atoms with Crippen LogP contribution < -0.4 is 5.32 Å². The lowest BCUT2D eigenvalue weighted by Gasteiger charge is -2.35. The van der Waals surface area contributed by atoms with Crippen LogP contribution >= 0.6 is 0 Å². The zero-order valence-corrected chi connectivity index (χ0v) is 5.78. The Kier molecular flexibility index (Phi) is 1.90. The molecule has 0 aromatic heterocycles. The second-order valence-electron chi connectivity index (χ2n) is 2.64. The Balaban J connectivity index is 2.16. The summed E-state index contributed by atoms with van der Waals surface area (Å²) >= 11 is 0. The van der Waals surface area contributed by atoms with Gasteiger partial charge in [-0.05, 0) is 25.8 Å².